The zero-order valence-corrected chi connectivity index (χ0v) is 13.4. The van der Waals surface area contributed by atoms with Gasteiger partial charge in [0, 0.05) is 23.5 Å². The van der Waals surface area contributed by atoms with Crippen molar-refractivity contribution in [3.05, 3.63) is 28.2 Å². The summed E-state index contributed by atoms with van der Waals surface area (Å²) in [6.45, 7) is 0.781. The number of halogens is 1. The lowest BCUT2D eigenvalue weighted by atomic mass is 9.86. The van der Waals surface area contributed by atoms with Crippen LogP contribution in [-0.4, -0.2) is 29.8 Å². The molecule has 0 saturated heterocycles. The molecular weight excluding hydrogens is 334 g/mol. The fourth-order valence-electron chi connectivity index (χ4n) is 3.30. The number of aliphatic carboxylic acids is 1. The predicted octanol–water partition coefficient (Wildman–Crippen LogP) is 2.99. The number of nitrogens with one attached hydrogen (secondary N) is 1. The average Bonchev–Trinajstić information content (AvgIpc) is 2.87. The van der Waals surface area contributed by atoms with E-state index in [0.29, 0.717) is 6.04 Å². The van der Waals surface area contributed by atoms with Gasteiger partial charge in [-0.2, -0.15) is 0 Å². The normalized spacial score (nSPS) is 28.0. The van der Waals surface area contributed by atoms with Crippen LogP contribution in [0.1, 0.15) is 31.2 Å². The van der Waals surface area contributed by atoms with E-state index in [9.17, 15) is 4.79 Å². The molecule has 21 heavy (non-hydrogen) atoms. The first-order valence-electron chi connectivity index (χ1n) is 7.53. The third-order valence-electron chi connectivity index (χ3n) is 4.42. The number of hydrogen-bond donors (Lipinski definition) is 2. The highest BCUT2D eigenvalue weighted by Crippen LogP contribution is 2.31. The minimum atomic E-state index is -0.657. The standard InChI is InChI=1S/C16H20BrNO3/c17-12-4-5-15-11(6-12)8-14(21-15)9-18-13-3-1-2-10(7-13)16(19)20/h4-6,10,13-14,18H,1-3,7-9H2,(H,19,20). The van der Waals surface area contributed by atoms with Crippen LogP contribution < -0.4 is 10.1 Å². The molecule has 1 aromatic rings. The molecule has 3 atom stereocenters. The zero-order chi connectivity index (χ0) is 14.8. The van der Waals surface area contributed by atoms with Crippen molar-refractivity contribution in [3.63, 3.8) is 0 Å². The molecule has 2 aliphatic rings. The van der Waals surface area contributed by atoms with Gasteiger partial charge in [0.1, 0.15) is 11.9 Å². The molecule has 0 radical (unpaired) electrons. The van der Waals surface area contributed by atoms with Crippen LogP contribution in [0.3, 0.4) is 0 Å². The molecule has 1 fully saturated rings. The number of rotatable bonds is 4. The first kappa shape index (κ1) is 14.9. The van der Waals surface area contributed by atoms with E-state index < -0.39 is 5.97 Å². The largest absolute Gasteiger partial charge is 0.488 e. The van der Waals surface area contributed by atoms with Crippen molar-refractivity contribution in [2.45, 2.75) is 44.2 Å². The second-order valence-corrected chi connectivity index (χ2v) is 6.92. The molecule has 0 spiro atoms. The van der Waals surface area contributed by atoms with Gasteiger partial charge in [-0.15, -0.1) is 0 Å². The lowest BCUT2D eigenvalue weighted by Gasteiger charge is -2.28. The Morgan fingerprint density at radius 3 is 3.10 bits per heavy atom. The predicted molar refractivity (Wildman–Crippen MR) is 83.6 cm³/mol. The minimum absolute atomic E-state index is 0.152. The van der Waals surface area contributed by atoms with Gasteiger partial charge < -0.3 is 15.2 Å². The Kier molecular flexibility index (Phi) is 4.50. The van der Waals surface area contributed by atoms with E-state index in [1.54, 1.807) is 0 Å². The van der Waals surface area contributed by atoms with E-state index in [4.69, 9.17) is 9.84 Å². The van der Waals surface area contributed by atoms with Gasteiger partial charge in [-0.1, -0.05) is 22.4 Å². The first-order chi connectivity index (χ1) is 10.1. The Bertz CT molecular complexity index is 534. The van der Waals surface area contributed by atoms with Gasteiger partial charge in [0.25, 0.3) is 0 Å². The Balaban J connectivity index is 1.50. The average molecular weight is 354 g/mol. The summed E-state index contributed by atoms with van der Waals surface area (Å²) >= 11 is 3.48. The number of carbonyl (C=O) groups is 1. The third-order valence-corrected chi connectivity index (χ3v) is 4.91. The minimum Gasteiger partial charge on any atom is -0.488 e. The molecule has 1 aliphatic carbocycles. The van der Waals surface area contributed by atoms with Crippen LogP contribution in [0.4, 0.5) is 0 Å². The maximum atomic E-state index is 11.1. The van der Waals surface area contributed by atoms with Gasteiger partial charge in [0.15, 0.2) is 0 Å². The molecule has 2 N–H and O–H groups in total. The van der Waals surface area contributed by atoms with Gasteiger partial charge >= 0.3 is 5.97 Å². The van der Waals surface area contributed by atoms with Gasteiger partial charge in [-0.05, 0) is 43.0 Å². The van der Waals surface area contributed by atoms with Gasteiger partial charge in [0.2, 0.25) is 0 Å². The summed E-state index contributed by atoms with van der Waals surface area (Å²) in [4.78, 5) is 11.1. The fourth-order valence-corrected chi connectivity index (χ4v) is 3.71. The molecule has 1 heterocycles. The maximum Gasteiger partial charge on any atom is 0.306 e. The van der Waals surface area contributed by atoms with Crippen molar-refractivity contribution in [2.24, 2.45) is 5.92 Å². The molecule has 5 heteroatoms. The topological polar surface area (TPSA) is 58.6 Å². The molecule has 4 nitrogen and oxygen atoms in total. The Morgan fingerprint density at radius 1 is 1.43 bits per heavy atom. The van der Waals surface area contributed by atoms with E-state index >= 15 is 0 Å². The molecule has 1 aliphatic heterocycles. The van der Waals surface area contributed by atoms with E-state index in [0.717, 1.165) is 48.9 Å². The zero-order valence-electron chi connectivity index (χ0n) is 11.8. The molecule has 0 bridgehead atoms. The molecule has 0 amide bonds. The summed E-state index contributed by atoms with van der Waals surface area (Å²) in [7, 11) is 0. The monoisotopic (exact) mass is 353 g/mol. The van der Waals surface area contributed by atoms with E-state index in [2.05, 4.69) is 27.3 Å². The summed E-state index contributed by atoms with van der Waals surface area (Å²) in [5.74, 6) is 0.127. The molecule has 0 aromatic heterocycles. The number of carboxylic acid groups (broad SMARTS) is 1. The van der Waals surface area contributed by atoms with Crippen molar-refractivity contribution >= 4 is 21.9 Å². The van der Waals surface area contributed by atoms with Crippen molar-refractivity contribution in [1.29, 1.82) is 0 Å². The lowest BCUT2D eigenvalue weighted by Crippen LogP contribution is -2.41. The van der Waals surface area contributed by atoms with Crippen LogP contribution in [-0.2, 0) is 11.2 Å². The smallest absolute Gasteiger partial charge is 0.306 e. The number of hydrogen-bond acceptors (Lipinski definition) is 3. The third kappa shape index (κ3) is 3.58. The molecule has 3 unspecified atom stereocenters. The molecule has 3 rings (SSSR count). The summed E-state index contributed by atoms with van der Waals surface area (Å²) in [6, 6.07) is 6.41. The van der Waals surface area contributed by atoms with Crippen LogP contribution in [0.2, 0.25) is 0 Å². The number of carboxylic acids is 1. The summed E-state index contributed by atoms with van der Waals surface area (Å²) in [6.07, 6.45) is 4.67. The van der Waals surface area contributed by atoms with Gasteiger partial charge in [0.05, 0.1) is 5.92 Å². The highest BCUT2D eigenvalue weighted by molar-refractivity contribution is 9.10. The number of fused-ring (bicyclic) bond motifs is 1. The summed E-state index contributed by atoms with van der Waals surface area (Å²) in [5.41, 5.74) is 1.24. The van der Waals surface area contributed by atoms with E-state index in [1.807, 2.05) is 12.1 Å². The molecule has 1 saturated carbocycles. The Hall–Kier alpha value is -1.07. The molecular formula is C16H20BrNO3. The van der Waals surface area contributed by atoms with Crippen LogP contribution in [0, 0.1) is 5.92 Å². The second kappa shape index (κ2) is 6.36. The Morgan fingerprint density at radius 2 is 2.29 bits per heavy atom. The van der Waals surface area contributed by atoms with Crippen molar-refractivity contribution < 1.29 is 14.6 Å². The maximum absolute atomic E-state index is 11.1. The lowest BCUT2D eigenvalue weighted by molar-refractivity contribution is -0.143. The van der Waals surface area contributed by atoms with Crippen LogP contribution in [0.15, 0.2) is 22.7 Å². The fraction of sp³-hybridized carbons (Fsp3) is 0.562. The van der Waals surface area contributed by atoms with Crippen molar-refractivity contribution in [3.8, 4) is 5.75 Å². The van der Waals surface area contributed by atoms with Crippen molar-refractivity contribution in [1.82, 2.24) is 5.32 Å². The van der Waals surface area contributed by atoms with E-state index in [1.165, 1.54) is 5.56 Å². The van der Waals surface area contributed by atoms with Gasteiger partial charge in [-0.3, -0.25) is 4.79 Å². The second-order valence-electron chi connectivity index (χ2n) is 6.00. The molecule has 1 aromatic carbocycles. The molecule has 114 valence electrons. The number of ether oxygens (including phenoxy) is 1. The van der Waals surface area contributed by atoms with Crippen molar-refractivity contribution in [2.75, 3.05) is 6.54 Å². The summed E-state index contributed by atoms with van der Waals surface area (Å²) in [5, 5.41) is 12.6. The summed E-state index contributed by atoms with van der Waals surface area (Å²) < 4.78 is 7.01. The van der Waals surface area contributed by atoms with Crippen LogP contribution >= 0.6 is 15.9 Å². The van der Waals surface area contributed by atoms with Crippen LogP contribution in [0.5, 0.6) is 5.75 Å². The van der Waals surface area contributed by atoms with Gasteiger partial charge in [-0.25, -0.2) is 0 Å². The Labute approximate surface area is 133 Å². The highest BCUT2D eigenvalue weighted by atomic mass is 79.9. The SMILES string of the molecule is O=C(O)C1CCCC(NCC2Cc3cc(Br)ccc3O2)C1. The number of benzene rings is 1. The quantitative estimate of drug-likeness (QED) is 0.873. The van der Waals surface area contributed by atoms with Crippen LogP contribution in [0.25, 0.3) is 0 Å². The first-order valence-corrected chi connectivity index (χ1v) is 8.32. The highest BCUT2D eigenvalue weighted by Gasteiger charge is 2.28. The van der Waals surface area contributed by atoms with E-state index in [-0.39, 0.29) is 12.0 Å².